The van der Waals surface area contributed by atoms with Gasteiger partial charge in [0.25, 0.3) is 0 Å². The largest absolute Gasteiger partial charge is 0.493 e. The summed E-state index contributed by atoms with van der Waals surface area (Å²) in [6.45, 7) is 8.12. The first-order valence-electron chi connectivity index (χ1n) is 5.83. The maximum absolute atomic E-state index is 6.05. The van der Waals surface area contributed by atoms with E-state index in [2.05, 4.69) is 6.58 Å². The topological polar surface area (TPSA) is 44.5 Å². The van der Waals surface area contributed by atoms with E-state index in [1.807, 2.05) is 19.9 Å². The Morgan fingerprint density at radius 1 is 1.50 bits per heavy atom. The van der Waals surface area contributed by atoms with Crippen LogP contribution >= 0.6 is 11.6 Å². The molecule has 4 heteroatoms. The van der Waals surface area contributed by atoms with Crippen molar-refractivity contribution in [1.29, 1.82) is 0 Å². The molecule has 0 saturated heterocycles. The minimum atomic E-state index is 0.0281. The number of halogens is 1. The molecule has 0 aliphatic rings. The van der Waals surface area contributed by atoms with Crippen molar-refractivity contribution in [2.45, 2.75) is 26.3 Å². The van der Waals surface area contributed by atoms with Crippen LogP contribution in [-0.4, -0.2) is 19.8 Å². The van der Waals surface area contributed by atoms with Gasteiger partial charge in [-0.1, -0.05) is 18.2 Å². The van der Waals surface area contributed by atoms with Crippen molar-refractivity contribution in [2.75, 3.05) is 13.7 Å². The third-order valence-electron chi connectivity index (χ3n) is 2.32. The lowest BCUT2D eigenvalue weighted by Gasteiger charge is -2.17. The van der Waals surface area contributed by atoms with Gasteiger partial charge in [-0.2, -0.15) is 0 Å². The molecule has 0 fully saturated rings. The Kier molecular flexibility index (Phi) is 5.51. The maximum Gasteiger partial charge on any atom is 0.164 e. The number of nitrogens with two attached hydrogens (primary N) is 1. The quantitative estimate of drug-likeness (QED) is 0.807. The molecule has 1 rings (SSSR count). The van der Waals surface area contributed by atoms with E-state index in [1.165, 1.54) is 0 Å². The summed E-state index contributed by atoms with van der Waals surface area (Å²) in [7, 11) is 1.59. The highest BCUT2D eigenvalue weighted by atomic mass is 35.5. The summed E-state index contributed by atoms with van der Waals surface area (Å²) in [6.07, 6.45) is 0.683. The Balaban J connectivity index is 3.10. The third kappa shape index (κ3) is 4.24. The van der Waals surface area contributed by atoms with Crippen LogP contribution in [0.1, 0.15) is 19.4 Å². The van der Waals surface area contributed by atoms with Crippen molar-refractivity contribution in [3.63, 3.8) is 0 Å². The van der Waals surface area contributed by atoms with Gasteiger partial charge in [-0.25, -0.2) is 0 Å². The normalized spacial score (nSPS) is 12.1. The van der Waals surface area contributed by atoms with E-state index < -0.39 is 0 Å². The summed E-state index contributed by atoms with van der Waals surface area (Å²) in [4.78, 5) is 0. The van der Waals surface area contributed by atoms with Crippen LogP contribution in [0.5, 0.6) is 11.5 Å². The molecule has 1 aromatic carbocycles. The van der Waals surface area contributed by atoms with E-state index in [-0.39, 0.29) is 6.04 Å². The Morgan fingerprint density at radius 3 is 2.67 bits per heavy atom. The molecule has 0 amide bonds. The van der Waals surface area contributed by atoms with Gasteiger partial charge in [0, 0.05) is 22.7 Å². The van der Waals surface area contributed by atoms with Crippen molar-refractivity contribution in [2.24, 2.45) is 5.73 Å². The van der Waals surface area contributed by atoms with Gasteiger partial charge in [0.1, 0.15) is 6.61 Å². The molecule has 1 atom stereocenters. The van der Waals surface area contributed by atoms with E-state index in [9.17, 15) is 0 Å². The lowest BCUT2D eigenvalue weighted by molar-refractivity contribution is 0.316. The molecular formula is C14H20ClNO2. The molecule has 0 aliphatic carbocycles. The Bertz CT molecular complexity index is 430. The molecule has 1 aromatic rings. The molecule has 0 spiro atoms. The second-order valence-corrected chi connectivity index (χ2v) is 4.96. The molecule has 1 unspecified atom stereocenters. The van der Waals surface area contributed by atoms with Crippen molar-refractivity contribution in [1.82, 2.24) is 0 Å². The number of methoxy groups -OCH3 is 1. The summed E-state index contributed by atoms with van der Waals surface area (Å²) < 4.78 is 11.0. The zero-order chi connectivity index (χ0) is 13.7. The van der Waals surface area contributed by atoms with E-state index in [4.69, 9.17) is 26.8 Å². The van der Waals surface area contributed by atoms with E-state index in [0.29, 0.717) is 29.5 Å². The summed E-state index contributed by atoms with van der Waals surface area (Å²) in [5, 5.41) is 0.616. The third-order valence-corrected chi connectivity index (χ3v) is 2.54. The van der Waals surface area contributed by atoms with Gasteiger partial charge in [0.15, 0.2) is 11.5 Å². The van der Waals surface area contributed by atoms with E-state index in [0.717, 1.165) is 11.1 Å². The Morgan fingerprint density at radius 2 is 2.17 bits per heavy atom. The SMILES string of the molecule is C=C(C)COc1c(CC(C)N)cc(Cl)cc1OC. The summed E-state index contributed by atoms with van der Waals surface area (Å²) in [5.41, 5.74) is 7.73. The lowest BCUT2D eigenvalue weighted by atomic mass is 10.1. The molecule has 0 radical (unpaired) electrons. The minimum Gasteiger partial charge on any atom is -0.493 e. The van der Waals surface area contributed by atoms with Crippen LogP contribution in [-0.2, 0) is 6.42 Å². The van der Waals surface area contributed by atoms with Crippen LogP contribution < -0.4 is 15.2 Å². The molecule has 0 aromatic heterocycles. The lowest BCUT2D eigenvalue weighted by Crippen LogP contribution is -2.18. The van der Waals surface area contributed by atoms with Gasteiger partial charge in [-0.05, 0) is 31.9 Å². The first-order valence-corrected chi connectivity index (χ1v) is 6.21. The van der Waals surface area contributed by atoms with Gasteiger partial charge in [-0.3, -0.25) is 0 Å². The number of rotatable bonds is 6. The van der Waals surface area contributed by atoms with Crippen LogP contribution in [0.3, 0.4) is 0 Å². The average Bonchev–Trinajstić information content (AvgIpc) is 2.25. The molecule has 2 N–H and O–H groups in total. The first-order chi connectivity index (χ1) is 8.43. The fourth-order valence-electron chi connectivity index (χ4n) is 1.63. The zero-order valence-corrected chi connectivity index (χ0v) is 11.9. The highest BCUT2D eigenvalue weighted by Crippen LogP contribution is 2.35. The number of benzene rings is 1. The molecule has 0 heterocycles. The number of hydrogen-bond acceptors (Lipinski definition) is 3. The number of ether oxygens (including phenoxy) is 2. The van der Waals surface area contributed by atoms with Crippen molar-refractivity contribution in [3.8, 4) is 11.5 Å². The summed E-state index contributed by atoms with van der Waals surface area (Å²) in [5.74, 6) is 1.32. The van der Waals surface area contributed by atoms with E-state index >= 15 is 0 Å². The Labute approximate surface area is 114 Å². The van der Waals surface area contributed by atoms with Crippen LogP contribution in [0.4, 0.5) is 0 Å². The predicted octanol–water partition coefficient (Wildman–Crippen LogP) is 3.19. The zero-order valence-electron chi connectivity index (χ0n) is 11.1. The van der Waals surface area contributed by atoms with Crippen molar-refractivity contribution >= 4 is 11.6 Å². The monoisotopic (exact) mass is 269 g/mol. The standard InChI is InChI=1S/C14H20ClNO2/c1-9(2)8-18-14-11(5-10(3)16)6-12(15)7-13(14)17-4/h6-7,10H,1,5,8,16H2,2-4H3. The van der Waals surface area contributed by atoms with Crippen LogP contribution in [0, 0.1) is 0 Å². The molecule has 100 valence electrons. The van der Waals surface area contributed by atoms with Gasteiger partial charge in [0.2, 0.25) is 0 Å². The minimum absolute atomic E-state index is 0.0281. The summed E-state index contributed by atoms with van der Waals surface area (Å²) >= 11 is 6.05. The van der Waals surface area contributed by atoms with Gasteiger partial charge in [-0.15, -0.1) is 0 Å². The molecule has 0 aliphatic heterocycles. The molecule has 0 saturated carbocycles. The van der Waals surface area contributed by atoms with Gasteiger partial charge in [0.05, 0.1) is 7.11 Å². The first kappa shape index (κ1) is 14.9. The average molecular weight is 270 g/mol. The van der Waals surface area contributed by atoms with Crippen LogP contribution in [0.25, 0.3) is 0 Å². The number of hydrogen-bond donors (Lipinski definition) is 1. The Hall–Kier alpha value is -1.19. The van der Waals surface area contributed by atoms with Gasteiger partial charge >= 0.3 is 0 Å². The van der Waals surface area contributed by atoms with Crippen LogP contribution in [0.15, 0.2) is 24.3 Å². The van der Waals surface area contributed by atoms with E-state index in [1.54, 1.807) is 13.2 Å². The van der Waals surface area contributed by atoms with Crippen LogP contribution in [0.2, 0.25) is 5.02 Å². The van der Waals surface area contributed by atoms with Crippen molar-refractivity contribution < 1.29 is 9.47 Å². The molecule has 0 bridgehead atoms. The second kappa shape index (κ2) is 6.66. The molecular weight excluding hydrogens is 250 g/mol. The molecule has 18 heavy (non-hydrogen) atoms. The maximum atomic E-state index is 6.05. The smallest absolute Gasteiger partial charge is 0.164 e. The highest BCUT2D eigenvalue weighted by molar-refractivity contribution is 6.30. The molecule has 3 nitrogen and oxygen atoms in total. The van der Waals surface area contributed by atoms with Gasteiger partial charge < -0.3 is 15.2 Å². The van der Waals surface area contributed by atoms with Crippen molar-refractivity contribution in [3.05, 3.63) is 34.9 Å². The fraction of sp³-hybridized carbons (Fsp3) is 0.429. The summed E-state index contributed by atoms with van der Waals surface area (Å²) in [6, 6.07) is 3.63. The highest BCUT2D eigenvalue weighted by Gasteiger charge is 2.14. The fourth-order valence-corrected chi connectivity index (χ4v) is 1.86. The predicted molar refractivity (Wildman–Crippen MR) is 75.7 cm³/mol. The second-order valence-electron chi connectivity index (χ2n) is 4.52.